The Bertz CT molecular complexity index is 383. The van der Waals surface area contributed by atoms with Crippen LogP contribution in [0.3, 0.4) is 0 Å². The fraction of sp³-hybridized carbons (Fsp3) is 0.700. The van der Waals surface area contributed by atoms with Gasteiger partial charge >= 0.3 is 11.9 Å². The smallest absolute Gasteiger partial charge is 0.333 e. The average molecular weight is 341 g/mol. The molecule has 0 aliphatic carbocycles. The van der Waals surface area contributed by atoms with Crippen molar-refractivity contribution in [1.29, 1.82) is 0 Å². The van der Waals surface area contributed by atoms with E-state index in [2.05, 4.69) is 27.0 Å². The molecule has 0 spiro atoms. The summed E-state index contributed by atoms with van der Waals surface area (Å²) in [4.78, 5) is 21.9. The van der Waals surface area contributed by atoms with E-state index < -0.39 is 0 Å². The molecule has 4 heteroatoms. The van der Waals surface area contributed by atoms with Gasteiger partial charge in [-0.15, -0.1) is 0 Å². The molecule has 140 valence electrons. The predicted octanol–water partition coefficient (Wildman–Crippen LogP) is 5.22. The minimum absolute atomic E-state index is 0.00968. The third kappa shape index (κ3) is 11.9. The fourth-order valence-electron chi connectivity index (χ4n) is 2.18. The second-order valence-corrected chi connectivity index (χ2v) is 5.93. The minimum Gasteiger partial charge on any atom is -0.459 e. The maximum absolute atomic E-state index is 10.9. The summed E-state index contributed by atoms with van der Waals surface area (Å²) >= 11 is 0. The van der Waals surface area contributed by atoms with Crippen molar-refractivity contribution in [3.8, 4) is 0 Å². The summed E-state index contributed by atoms with van der Waals surface area (Å²) in [6, 6.07) is 0. The van der Waals surface area contributed by atoms with Crippen LogP contribution in [0.25, 0.3) is 0 Å². The van der Waals surface area contributed by atoms with Crippen molar-refractivity contribution >= 4 is 11.9 Å². The molecule has 0 N–H and O–H groups in total. The zero-order valence-corrected chi connectivity index (χ0v) is 16.4. The number of rotatable bonds is 10. The van der Waals surface area contributed by atoms with Crippen molar-refractivity contribution in [2.45, 2.75) is 85.9 Å². The summed E-state index contributed by atoms with van der Waals surface area (Å²) in [6.45, 7) is 18.7. The Kier molecular flexibility index (Phi) is 15.4. The fourth-order valence-corrected chi connectivity index (χ4v) is 2.18. The van der Waals surface area contributed by atoms with E-state index in [4.69, 9.17) is 9.47 Å². The molecule has 0 bridgehead atoms. The first-order valence-electron chi connectivity index (χ1n) is 8.96. The van der Waals surface area contributed by atoms with Gasteiger partial charge in [0.2, 0.25) is 0 Å². The van der Waals surface area contributed by atoms with Crippen LogP contribution in [0.4, 0.5) is 0 Å². The van der Waals surface area contributed by atoms with Crippen LogP contribution < -0.4 is 0 Å². The van der Waals surface area contributed by atoms with Crippen LogP contribution in [0.15, 0.2) is 24.8 Å². The van der Waals surface area contributed by atoms with Gasteiger partial charge in [0, 0.05) is 11.6 Å². The van der Waals surface area contributed by atoms with Crippen LogP contribution in [0.2, 0.25) is 0 Å². The third-order valence-electron chi connectivity index (χ3n) is 3.85. The van der Waals surface area contributed by atoms with E-state index in [1.807, 2.05) is 20.8 Å². The van der Waals surface area contributed by atoms with E-state index >= 15 is 0 Å². The van der Waals surface area contributed by atoms with Gasteiger partial charge in [0.15, 0.2) is 0 Å². The number of ether oxygens (including phenoxy) is 2. The summed E-state index contributed by atoms with van der Waals surface area (Å²) in [6.07, 6.45) is 6.32. The molecule has 4 nitrogen and oxygen atoms in total. The van der Waals surface area contributed by atoms with Crippen molar-refractivity contribution in [1.82, 2.24) is 0 Å². The Hall–Kier alpha value is -1.58. The van der Waals surface area contributed by atoms with Gasteiger partial charge in [0.25, 0.3) is 0 Å². The highest BCUT2D eigenvalue weighted by Crippen LogP contribution is 2.18. The van der Waals surface area contributed by atoms with Crippen LogP contribution in [-0.4, -0.2) is 24.1 Å². The van der Waals surface area contributed by atoms with Gasteiger partial charge in [-0.05, 0) is 45.4 Å². The highest BCUT2D eigenvalue weighted by molar-refractivity contribution is 5.87. The Morgan fingerprint density at radius 3 is 1.92 bits per heavy atom. The lowest BCUT2D eigenvalue weighted by Gasteiger charge is -2.21. The van der Waals surface area contributed by atoms with E-state index in [-0.39, 0.29) is 24.1 Å². The molecule has 0 aliphatic heterocycles. The molecular weight excluding hydrogens is 304 g/mol. The average Bonchev–Trinajstić information content (AvgIpc) is 2.57. The summed E-state index contributed by atoms with van der Waals surface area (Å²) in [5.74, 6) is -0.116. The molecule has 0 aromatic heterocycles. The van der Waals surface area contributed by atoms with Gasteiger partial charge < -0.3 is 9.47 Å². The number of esters is 2. The Morgan fingerprint density at radius 1 is 1.04 bits per heavy atom. The lowest BCUT2D eigenvalue weighted by atomic mass is 9.95. The summed E-state index contributed by atoms with van der Waals surface area (Å²) in [7, 11) is 0. The van der Waals surface area contributed by atoms with E-state index in [1.165, 1.54) is 6.08 Å². The van der Waals surface area contributed by atoms with Crippen molar-refractivity contribution in [3.05, 3.63) is 24.8 Å². The highest BCUT2D eigenvalue weighted by Gasteiger charge is 2.17. The number of hydrogen-bond donors (Lipinski definition) is 0. The molecule has 0 rings (SSSR count). The van der Waals surface area contributed by atoms with Gasteiger partial charge in [-0.3, -0.25) is 0 Å². The van der Waals surface area contributed by atoms with Crippen molar-refractivity contribution < 1.29 is 19.1 Å². The van der Waals surface area contributed by atoms with Crippen LogP contribution in [0.5, 0.6) is 0 Å². The predicted molar refractivity (Wildman–Crippen MR) is 99.7 cm³/mol. The first kappa shape index (κ1) is 24.7. The number of carbonyl (C=O) groups is 2. The van der Waals surface area contributed by atoms with Gasteiger partial charge in [-0.2, -0.15) is 0 Å². The SMILES string of the molecule is C=C(C)C(=O)OC(CC)CC.C=CC(=O)OC(C)C(CC)CCC. The largest absolute Gasteiger partial charge is 0.459 e. The monoisotopic (exact) mass is 340 g/mol. The Labute approximate surface area is 148 Å². The summed E-state index contributed by atoms with van der Waals surface area (Å²) in [5, 5.41) is 0. The maximum Gasteiger partial charge on any atom is 0.333 e. The molecule has 0 heterocycles. The molecule has 2 atom stereocenters. The topological polar surface area (TPSA) is 52.6 Å². The first-order valence-corrected chi connectivity index (χ1v) is 8.96. The number of carbonyl (C=O) groups excluding carboxylic acids is 2. The molecule has 0 aliphatic rings. The van der Waals surface area contributed by atoms with E-state index in [9.17, 15) is 9.59 Å². The highest BCUT2D eigenvalue weighted by atomic mass is 16.5. The molecule has 0 fully saturated rings. The zero-order valence-electron chi connectivity index (χ0n) is 16.4. The number of hydrogen-bond acceptors (Lipinski definition) is 4. The molecule has 0 radical (unpaired) electrons. The molecule has 0 aromatic rings. The summed E-state index contributed by atoms with van der Waals surface area (Å²) < 4.78 is 10.2. The zero-order chi connectivity index (χ0) is 19.1. The minimum atomic E-state index is -0.318. The second kappa shape index (κ2) is 15.0. The standard InChI is InChI=1S/C11H20O2.C9H16O2/c1-5-8-10(6-2)9(4)13-11(12)7-3;1-5-8(6-2)11-9(10)7(3)4/h7,9-10H,3,5-6,8H2,1-2,4H3;8H,3,5-6H2,1-2,4H3. The Morgan fingerprint density at radius 2 is 1.58 bits per heavy atom. The lowest BCUT2D eigenvalue weighted by molar-refractivity contribution is -0.145. The maximum atomic E-state index is 10.9. The van der Waals surface area contributed by atoms with E-state index in [1.54, 1.807) is 6.92 Å². The molecule has 0 amide bonds. The van der Waals surface area contributed by atoms with Crippen LogP contribution in [0.1, 0.15) is 73.6 Å². The van der Waals surface area contributed by atoms with E-state index in [0.717, 1.165) is 32.1 Å². The van der Waals surface area contributed by atoms with E-state index in [0.29, 0.717) is 11.5 Å². The molecular formula is C20H36O4. The van der Waals surface area contributed by atoms with Crippen molar-refractivity contribution in [2.75, 3.05) is 0 Å². The second-order valence-electron chi connectivity index (χ2n) is 5.93. The normalized spacial score (nSPS) is 12.5. The molecule has 24 heavy (non-hydrogen) atoms. The molecule has 0 saturated heterocycles. The van der Waals surface area contributed by atoms with Crippen molar-refractivity contribution in [2.24, 2.45) is 5.92 Å². The summed E-state index contributed by atoms with van der Waals surface area (Å²) in [5.41, 5.74) is 0.469. The van der Waals surface area contributed by atoms with Crippen LogP contribution >= 0.6 is 0 Å². The first-order chi connectivity index (χ1) is 11.3. The third-order valence-corrected chi connectivity index (χ3v) is 3.85. The van der Waals surface area contributed by atoms with Crippen LogP contribution in [0, 0.1) is 5.92 Å². The van der Waals surface area contributed by atoms with Gasteiger partial charge in [-0.25, -0.2) is 9.59 Å². The quantitative estimate of drug-likeness (QED) is 0.404. The molecule has 0 saturated carbocycles. The molecule has 0 aromatic carbocycles. The lowest BCUT2D eigenvalue weighted by Crippen LogP contribution is -2.22. The van der Waals surface area contributed by atoms with Crippen LogP contribution in [-0.2, 0) is 19.1 Å². The Balaban J connectivity index is 0. The van der Waals surface area contributed by atoms with Gasteiger partial charge in [0.05, 0.1) is 0 Å². The van der Waals surface area contributed by atoms with Gasteiger partial charge in [0.1, 0.15) is 12.2 Å². The van der Waals surface area contributed by atoms with Gasteiger partial charge in [-0.1, -0.05) is 47.3 Å². The molecule has 2 unspecified atom stereocenters. The van der Waals surface area contributed by atoms with Crippen molar-refractivity contribution in [3.63, 3.8) is 0 Å².